The second kappa shape index (κ2) is 3.18. The van der Waals surface area contributed by atoms with E-state index < -0.39 is 30.4 Å². The Kier molecular flexibility index (Phi) is 2.41. The van der Waals surface area contributed by atoms with Gasteiger partial charge in [0.05, 0.1) is 0 Å². The SMILES string of the molecule is O=C[C@@H](O)[C@H]1OC(=O)[C@@H](O)[C@H]1O. The zero-order chi connectivity index (χ0) is 9.30. The second-order valence-corrected chi connectivity index (χ2v) is 2.46. The van der Waals surface area contributed by atoms with Crippen molar-refractivity contribution in [2.24, 2.45) is 0 Å². The molecule has 0 radical (unpaired) electrons. The molecule has 0 aromatic heterocycles. The van der Waals surface area contributed by atoms with Gasteiger partial charge in [-0.15, -0.1) is 0 Å². The van der Waals surface area contributed by atoms with Crippen molar-refractivity contribution >= 4 is 12.3 Å². The van der Waals surface area contributed by atoms with Crippen molar-refractivity contribution in [3.05, 3.63) is 0 Å². The zero-order valence-corrected chi connectivity index (χ0v) is 5.95. The topological polar surface area (TPSA) is 104 Å². The van der Waals surface area contributed by atoms with Crippen molar-refractivity contribution in [2.45, 2.75) is 24.4 Å². The summed E-state index contributed by atoms with van der Waals surface area (Å²) in [7, 11) is 0. The fraction of sp³-hybridized carbons (Fsp3) is 0.667. The molecule has 0 aromatic carbocycles. The molecule has 1 aliphatic rings. The van der Waals surface area contributed by atoms with Crippen LogP contribution in [0.3, 0.4) is 0 Å². The first-order valence-corrected chi connectivity index (χ1v) is 3.28. The van der Waals surface area contributed by atoms with E-state index in [9.17, 15) is 9.59 Å². The summed E-state index contributed by atoms with van der Waals surface area (Å²) in [5.74, 6) is -1.03. The van der Waals surface area contributed by atoms with Crippen LogP contribution in [-0.2, 0) is 14.3 Å². The molecule has 0 aliphatic carbocycles. The van der Waals surface area contributed by atoms with Crippen LogP contribution < -0.4 is 0 Å². The molecular formula is C6H8O6. The van der Waals surface area contributed by atoms with E-state index >= 15 is 0 Å². The third-order valence-electron chi connectivity index (χ3n) is 1.63. The largest absolute Gasteiger partial charge is 0.454 e. The van der Waals surface area contributed by atoms with Crippen molar-refractivity contribution in [2.75, 3.05) is 0 Å². The molecule has 12 heavy (non-hydrogen) atoms. The molecule has 1 rings (SSSR count). The van der Waals surface area contributed by atoms with E-state index in [0.29, 0.717) is 0 Å². The Hall–Kier alpha value is -0.980. The number of carbonyl (C=O) groups is 2. The molecule has 1 saturated heterocycles. The average Bonchev–Trinajstić information content (AvgIpc) is 2.32. The number of rotatable bonds is 2. The highest BCUT2D eigenvalue weighted by atomic mass is 16.6. The summed E-state index contributed by atoms with van der Waals surface area (Å²) < 4.78 is 4.32. The molecule has 0 saturated carbocycles. The van der Waals surface area contributed by atoms with Crippen molar-refractivity contribution in [3.8, 4) is 0 Å². The molecule has 1 aliphatic heterocycles. The number of cyclic esters (lactones) is 1. The molecule has 0 aromatic rings. The smallest absolute Gasteiger partial charge is 0.338 e. The molecule has 0 unspecified atom stereocenters. The van der Waals surface area contributed by atoms with Crippen LogP contribution in [0.5, 0.6) is 0 Å². The Morgan fingerprint density at radius 3 is 2.42 bits per heavy atom. The normalized spacial score (nSPS) is 37.6. The van der Waals surface area contributed by atoms with Crippen LogP contribution in [0.25, 0.3) is 0 Å². The third-order valence-corrected chi connectivity index (χ3v) is 1.63. The lowest BCUT2D eigenvalue weighted by molar-refractivity contribution is -0.151. The summed E-state index contributed by atoms with van der Waals surface area (Å²) in [6.07, 6.45) is -6.05. The van der Waals surface area contributed by atoms with Gasteiger partial charge in [0.1, 0.15) is 12.2 Å². The van der Waals surface area contributed by atoms with Gasteiger partial charge in [0.25, 0.3) is 0 Å². The highest BCUT2D eigenvalue weighted by Crippen LogP contribution is 2.17. The van der Waals surface area contributed by atoms with Gasteiger partial charge in [-0.25, -0.2) is 4.79 Å². The number of aldehydes is 1. The fourth-order valence-electron chi connectivity index (χ4n) is 0.942. The van der Waals surface area contributed by atoms with Gasteiger partial charge in [0, 0.05) is 0 Å². The summed E-state index contributed by atoms with van der Waals surface area (Å²) >= 11 is 0. The molecule has 6 nitrogen and oxygen atoms in total. The minimum absolute atomic E-state index is 0.124. The molecule has 3 N–H and O–H groups in total. The van der Waals surface area contributed by atoms with E-state index in [0.717, 1.165) is 0 Å². The van der Waals surface area contributed by atoms with Crippen molar-refractivity contribution in [1.82, 2.24) is 0 Å². The van der Waals surface area contributed by atoms with Gasteiger partial charge in [-0.05, 0) is 0 Å². The Balaban J connectivity index is 2.70. The van der Waals surface area contributed by atoms with Crippen LogP contribution in [0, 0.1) is 0 Å². The number of carbonyl (C=O) groups excluding carboxylic acids is 2. The van der Waals surface area contributed by atoms with Crippen LogP contribution >= 0.6 is 0 Å². The van der Waals surface area contributed by atoms with E-state index in [4.69, 9.17) is 15.3 Å². The van der Waals surface area contributed by atoms with E-state index in [-0.39, 0.29) is 6.29 Å². The second-order valence-electron chi connectivity index (χ2n) is 2.46. The Morgan fingerprint density at radius 2 is 2.08 bits per heavy atom. The lowest BCUT2D eigenvalue weighted by Crippen LogP contribution is -2.39. The monoisotopic (exact) mass is 176 g/mol. The standard InChI is InChI=1S/C6H8O6/c7-1-2(8)5-3(9)4(10)6(11)12-5/h1-5,8-10H/t2-,3-,4+,5-/m1/s1. The van der Waals surface area contributed by atoms with Crippen LogP contribution in [0.1, 0.15) is 0 Å². The highest BCUT2D eigenvalue weighted by Gasteiger charge is 2.46. The van der Waals surface area contributed by atoms with Crippen LogP contribution in [0.2, 0.25) is 0 Å². The molecule has 68 valence electrons. The molecule has 6 heteroatoms. The Labute approximate surface area is 67.4 Å². The third kappa shape index (κ3) is 1.31. The van der Waals surface area contributed by atoms with Crippen LogP contribution in [-0.4, -0.2) is 52.0 Å². The average molecular weight is 176 g/mol. The summed E-state index contributed by atoms with van der Waals surface area (Å²) in [5.41, 5.74) is 0. The fourth-order valence-corrected chi connectivity index (χ4v) is 0.942. The number of aliphatic hydroxyl groups is 3. The number of hydrogen-bond acceptors (Lipinski definition) is 6. The molecular weight excluding hydrogens is 168 g/mol. The maximum absolute atomic E-state index is 10.6. The van der Waals surface area contributed by atoms with Crippen molar-refractivity contribution in [3.63, 3.8) is 0 Å². The predicted molar refractivity (Wildman–Crippen MR) is 34.0 cm³/mol. The first-order valence-electron chi connectivity index (χ1n) is 3.28. The van der Waals surface area contributed by atoms with Crippen molar-refractivity contribution < 1.29 is 29.6 Å². The maximum atomic E-state index is 10.6. The first kappa shape index (κ1) is 9.11. The highest BCUT2D eigenvalue weighted by molar-refractivity contribution is 5.78. The van der Waals surface area contributed by atoms with E-state index in [1.807, 2.05) is 0 Å². The lowest BCUT2D eigenvalue weighted by Gasteiger charge is -2.14. The van der Waals surface area contributed by atoms with Crippen LogP contribution in [0.4, 0.5) is 0 Å². The van der Waals surface area contributed by atoms with Crippen molar-refractivity contribution in [1.29, 1.82) is 0 Å². The number of esters is 1. The minimum atomic E-state index is -1.68. The van der Waals surface area contributed by atoms with Gasteiger partial charge >= 0.3 is 5.97 Å². The maximum Gasteiger partial charge on any atom is 0.338 e. The van der Waals surface area contributed by atoms with Gasteiger partial charge < -0.3 is 24.9 Å². The molecule has 0 bridgehead atoms. The van der Waals surface area contributed by atoms with E-state index in [1.165, 1.54) is 0 Å². The van der Waals surface area contributed by atoms with Crippen LogP contribution in [0.15, 0.2) is 0 Å². The van der Waals surface area contributed by atoms with Gasteiger partial charge in [0.2, 0.25) is 0 Å². The number of aliphatic hydroxyl groups excluding tert-OH is 3. The van der Waals surface area contributed by atoms with Gasteiger partial charge in [-0.3, -0.25) is 0 Å². The summed E-state index contributed by atoms with van der Waals surface area (Å²) in [6.45, 7) is 0. The Morgan fingerprint density at radius 1 is 1.50 bits per heavy atom. The van der Waals surface area contributed by atoms with E-state index in [1.54, 1.807) is 0 Å². The zero-order valence-electron chi connectivity index (χ0n) is 5.95. The molecule has 0 amide bonds. The predicted octanol–water partition coefficient (Wildman–Crippen LogP) is -2.81. The summed E-state index contributed by atoms with van der Waals surface area (Å²) in [6, 6.07) is 0. The minimum Gasteiger partial charge on any atom is -0.454 e. The molecule has 1 heterocycles. The molecule has 0 spiro atoms. The van der Waals surface area contributed by atoms with Gasteiger partial charge in [-0.1, -0.05) is 0 Å². The number of ether oxygens (including phenoxy) is 1. The van der Waals surface area contributed by atoms with Gasteiger partial charge in [0.15, 0.2) is 18.5 Å². The van der Waals surface area contributed by atoms with E-state index in [2.05, 4.69) is 4.74 Å². The quantitative estimate of drug-likeness (QED) is 0.310. The van der Waals surface area contributed by atoms with Gasteiger partial charge in [-0.2, -0.15) is 0 Å². The lowest BCUT2D eigenvalue weighted by atomic mass is 10.1. The molecule has 4 atom stereocenters. The number of hydrogen-bond donors (Lipinski definition) is 3. The summed E-state index contributed by atoms with van der Waals surface area (Å²) in [4.78, 5) is 20.6. The first-order chi connectivity index (χ1) is 5.57. The summed E-state index contributed by atoms with van der Waals surface area (Å²) in [5, 5.41) is 26.7. The Bertz CT molecular complexity index is 202. The molecule has 1 fully saturated rings.